The number of carbonyl (C=O) groups excluding carboxylic acids is 2. The summed E-state index contributed by atoms with van der Waals surface area (Å²) in [5, 5.41) is 0. The van der Waals surface area contributed by atoms with Gasteiger partial charge in [-0.1, -0.05) is 0 Å². The lowest BCUT2D eigenvalue weighted by molar-refractivity contribution is -0.137. The zero-order chi connectivity index (χ0) is 21.0. The number of Topliss-reactive ketones (excluding diaryl/α,β-unsaturated/α-hetero) is 1. The van der Waals surface area contributed by atoms with Gasteiger partial charge in [-0.2, -0.15) is 0 Å². The second-order valence-corrected chi connectivity index (χ2v) is 9.68. The van der Waals surface area contributed by atoms with Crippen molar-refractivity contribution in [3.05, 3.63) is 23.8 Å². The Hall–Kier alpha value is -2.13. The van der Waals surface area contributed by atoms with Crippen molar-refractivity contribution in [3.8, 4) is 11.5 Å². The highest BCUT2D eigenvalue weighted by Crippen LogP contribution is 2.29. The first-order valence-electron chi connectivity index (χ1n) is 9.72. The first kappa shape index (κ1) is 21.6. The molecule has 0 aromatic heterocycles. The summed E-state index contributed by atoms with van der Waals surface area (Å²) in [4.78, 5) is 26.1. The Labute approximate surface area is 171 Å². The predicted molar refractivity (Wildman–Crippen MR) is 106 cm³/mol. The van der Waals surface area contributed by atoms with Gasteiger partial charge < -0.3 is 19.1 Å². The van der Waals surface area contributed by atoms with E-state index < -0.39 is 9.84 Å². The van der Waals surface area contributed by atoms with Gasteiger partial charge in [-0.3, -0.25) is 9.59 Å². The van der Waals surface area contributed by atoms with E-state index in [1.165, 1.54) is 14.0 Å². The number of sulfone groups is 1. The summed E-state index contributed by atoms with van der Waals surface area (Å²) in [5.41, 5.74) is 0.483. The fourth-order valence-electron chi connectivity index (χ4n) is 3.71. The van der Waals surface area contributed by atoms with Gasteiger partial charge in [-0.25, -0.2) is 8.42 Å². The molecule has 2 unspecified atom stereocenters. The van der Waals surface area contributed by atoms with Crippen LogP contribution in [0.25, 0.3) is 0 Å². The second-order valence-electron chi connectivity index (χ2n) is 7.45. The highest BCUT2D eigenvalue weighted by atomic mass is 32.2. The van der Waals surface area contributed by atoms with E-state index in [0.29, 0.717) is 36.6 Å². The summed E-state index contributed by atoms with van der Waals surface area (Å²) in [6, 6.07) is 4.41. The highest BCUT2D eigenvalue weighted by molar-refractivity contribution is 7.91. The fourth-order valence-corrected chi connectivity index (χ4v) is 5.44. The number of rotatable bonds is 8. The van der Waals surface area contributed by atoms with Crippen LogP contribution in [0.1, 0.15) is 36.5 Å². The molecule has 9 heteroatoms. The summed E-state index contributed by atoms with van der Waals surface area (Å²) < 4.78 is 40.4. The van der Waals surface area contributed by atoms with Crippen molar-refractivity contribution in [2.75, 3.05) is 38.4 Å². The van der Waals surface area contributed by atoms with E-state index in [1.54, 1.807) is 23.1 Å². The standard InChI is InChI=1S/C20H27NO7S/c1-14(22)15-5-6-18(19(10-15)26-2)28-12-20(23)21(11-17-4-3-8-27-17)16-7-9-29(24,25)13-16/h5-6,10,16-17H,3-4,7-9,11-13H2,1-2H3. The molecule has 0 bridgehead atoms. The topological polar surface area (TPSA) is 99.2 Å². The molecule has 2 saturated heterocycles. The molecule has 8 nitrogen and oxygen atoms in total. The maximum absolute atomic E-state index is 12.9. The van der Waals surface area contributed by atoms with Crippen LogP contribution >= 0.6 is 0 Å². The van der Waals surface area contributed by atoms with Gasteiger partial charge in [0, 0.05) is 24.8 Å². The fraction of sp³-hybridized carbons (Fsp3) is 0.600. The molecule has 3 rings (SSSR count). The number of methoxy groups -OCH3 is 1. The lowest BCUT2D eigenvalue weighted by Crippen LogP contribution is -2.47. The molecular weight excluding hydrogens is 398 g/mol. The zero-order valence-corrected chi connectivity index (χ0v) is 17.6. The number of nitrogens with zero attached hydrogens (tertiary/aromatic N) is 1. The number of ether oxygens (including phenoxy) is 3. The maximum Gasteiger partial charge on any atom is 0.260 e. The summed E-state index contributed by atoms with van der Waals surface area (Å²) in [6.45, 7) is 2.23. The molecule has 2 aliphatic heterocycles. The molecule has 2 fully saturated rings. The van der Waals surface area contributed by atoms with Crippen LogP contribution in [0.5, 0.6) is 11.5 Å². The first-order valence-corrected chi connectivity index (χ1v) is 11.5. The third-order valence-electron chi connectivity index (χ3n) is 5.32. The average molecular weight is 426 g/mol. The van der Waals surface area contributed by atoms with E-state index in [1.807, 2.05) is 0 Å². The number of carbonyl (C=O) groups is 2. The molecule has 1 amide bonds. The van der Waals surface area contributed by atoms with Crippen molar-refractivity contribution in [3.63, 3.8) is 0 Å². The van der Waals surface area contributed by atoms with Gasteiger partial charge in [0.15, 0.2) is 33.7 Å². The van der Waals surface area contributed by atoms with E-state index >= 15 is 0 Å². The average Bonchev–Trinajstić information content (AvgIpc) is 3.32. The number of ketones is 1. The minimum atomic E-state index is -3.13. The molecule has 2 aliphatic rings. The Morgan fingerprint density at radius 2 is 2.03 bits per heavy atom. The molecule has 0 saturated carbocycles. The van der Waals surface area contributed by atoms with E-state index in [-0.39, 0.29) is 41.9 Å². The molecule has 0 aliphatic carbocycles. The van der Waals surface area contributed by atoms with Crippen LogP contribution in [-0.4, -0.2) is 75.5 Å². The lowest BCUT2D eigenvalue weighted by Gasteiger charge is -2.30. The van der Waals surface area contributed by atoms with Gasteiger partial charge >= 0.3 is 0 Å². The molecule has 1 aromatic rings. The van der Waals surface area contributed by atoms with Gasteiger partial charge in [-0.15, -0.1) is 0 Å². The minimum absolute atomic E-state index is 0.0257. The van der Waals surface area contributed by atoms with Crippen molar-refractivity contribution in [1.29, 1.82) is 0 Å². The van der Waals surface area contributed by atoms with Crippen LogP contribution in [0, 0.1) is 0 Å². The maximum atomic E-state index is 12.9. The van der Waals surface area contributed by atoms with Crippen LogP contribution in [-0.2, 0) is 19.4 Å². The molecular formula is C20H27NO7S. The van der Waals surface area contributed by atoms with E-state index in [4.69, 9.17) is 14.2 Å². The third kappa shape index (κ3) is 5.48. The van der Waals surface area contributed by atoms with Gasteiger partial charge in [0.25, 0.3) is 5.91 Å². The van der Waals surface area contributed by atoms with Gasteiger partial charge in [0.1, 0.15) is 0 Å². The smallest absolute Gasteiger partial charge is 0.260 e. The molecule has 1 aromatic carbocycles. The minimum Gasteiger partial charge on any atom is -0.493 e. The molecule has 160 valence electrons. The van der Waals surface area contributed by atoms with Crippen LogP contribution in [0.3, 0.4) is 0 Å². The number of hydrogen-bond acceptors (Lipinski definition) is 7. The quantitative estimate of drug-likeness (QED) is 0.582. The van der Waals surface area contributed by atoms with Crippen molar-refractivity contribution in [1.82, 2.24) is 4.90 Å². The summed E-state index contributed by atoms with van der Waals surface area (Å²) >= 11 is 0. The van der Waals surface area contributed by atoms with E-state index in [2.05, 4.69) is 0 Å². The van der Waals surface area contributed by atoms with Crippen molar-refractivity contribution in [2.45, 2.75) is 38.3 Å². The van der Waals surface area contributed by atoms with Crippen molar-refractivity contribution in [2.24, 2.45) is 0 Å². The van der Waals surface area contributed by atoms with Gasteiger partial charge in [0.2, 0.25) is 0 Å². The zero-order valence-electron chi connectivity index (χ0n) is 16.8. The number of hydrogen-bond donors (Lipinski definition) is 0. The predicted octanol–water partition coefficient (Wildman–Crippen LogP) is 1.47. The highest BCUT2D eigenvalue weighted by Gasteiger charge is 2.36. The largest absolute Gasteiger partial charge is 0.493 e. The third-order valence-corrected chi connectivity index (χ3v) is 7.07. The Kier molecular flexibility index (Phi) is 6.79. The van der Waals surface area contributed by atoms with E-state index in [9.17, 15) is 18.0 Å². The molecule has 0 spiro atoms. The van der Waals surface area contributed by atoms with Gasteiger partial charge in [-0.05, 0) is 44.4 Å². The molecule has 2 heterocycles. The summed E-state index contributed by atoms with van der Waals surface area (Å²) in [5.74, 6) is 0.383. The summed E-state index contributed by atoms with van der Waals surface area (Å²) in [7, 11) is -1.67. The molecule has 0 N–H and O–H groups in total. The molecule has 29 heavy (non-hydrogen) atoms. The van der Waals surface area contributed by atoms with Crippen LogP contribution < -0.4 is 9.47 Å². The SMILES string of the molecule is COc1cc(C(C)=O)ccc1OCC(=O)N(CC1CCCO1)C1CCS(=O)(=O)C1. The first-order chi connectivity index (χ1) is 13.8. The van der Waals surface area contributed by atoms with Crippen LogP contribution in [0.4, 0.5) is 0 Å². The Morgan fingerprint density at radius 1 is 1.24 bits per heavy atom. The summed E-state index contributed by atoms with van der Waals surface area (Å²) in [6.07, 6.45) is 2.14. The van der Waals surface area contributed by atoms with E-state index in [0.717, 1.165) is 12.8 Å². The van der Waals surface area contributed by atoms with Crippen LogP contribution in [0.15, 0.2) is 18.2 Å². The van der Waals surface area contributed by atoms with Crippen molar-refractivity contribution < 1.29 is 32.2 Å². The Balaban J connectivity index is 1.70. The lowest BCUT2D eigenvalue weighted by atomic mass is 10.1. The monoisotopic (exact) mass is 425 g/mol. The number of amides is 1. The molecule has 0 radical (unpaired) electrons. The van der Waals surface area contributed by atoms with Gasteiger partial charge in [0.05, 0.1) is 24.7 Å². The normalized spacial score (nSPS) is 23.0. The van der Waals surface area contributed by atoms with Crippen LogP contribution in [0.2, 0.25) is 0 Å². The molecule has 2 atom stereocenters. The van der Waals surface area contributed by atoms with Crippen molar-refractivity contribution >= 4 is 21.5 Å². The second kappa shape index (κ2) is 9.13. The Bertz CT molecular complexity index is 862. The Morgan fingerprint density at radius 3 is 2.62 bits per heavy atom. The number of benzene rings is 1.